The van der Waals surface area contributed by atoms with Crippen molar-refractivity contribution in [2.45, 2.75) is 0 Å². The van der Waals surface area contributed by atoms with Crippen LogP contribution in [0.2, 0.25) is 0 Å². The topological polar surface area (TPSA) is 65.1 Å². The molecule has 0 fully saturated rings. The van der Waals surface area contributed by atoms with Gasteiger partial charge in [-0.2, -0.15) is 0 Å². The summed E-state index contributed by atoms with van der Waals surface area (Å²) in [7, 11) is 5.81. The Morgan fingerprint density at radius 1 is 1.11 bits per heavy atom. The van der Waals surface area contributed by atoms with Crippen LogP contribution in [0.1, 0.15) is 10.4 Å². The zero-order chi connectivity index (χ0) is 14.4. The number of benzene rings is 1. The van der Waals surface area contributed by atoms with Crippen LogP contribution in [0.5, 0.6) is 11.5 Å². The molecule has 104 valence electrons. The minimum atomic E-state index is -0.476. The monoisotopic (exact) mass is 267 g/mol. The number of hydrogen-bond acceptors (Lipinski definition) is 5. The van der Waals surface area contributed by atoms with Gasteiger partial charge in [-0.25, -0.2) is 0 Å². The Labute approximate surface area is 111 Å². The van der Waals surface area contributed by atoms with Crippen molar-refractivity contribution in [1.29, 1.82) is 0 Å². The van der Waals surface area contributed by atoms with Gasteiger partial charge in [0.1, 0.15) is 6.54 Å². The van der Waals surface area contributed by atoms with Gasteiger partial charge in [-0.15, -0.1) is 0 Å². The summed E-state index contributed by atoms with van der Waals surface area (Å²) in [6, 6.07) is 4.81. The van der Waals surface area contributed by atoms with Crippen molar-refractivity contribution in [3.63, 3.8) is 0 Å². The molecule has 19 heavy (non-hydrogen) atoms. The number of methoxy groups -OCH3 is 3. The summed E-state index contributed by atoms with van der Waals surface area (Å²) in [5.41, 5.74) is 0.407. The molecular weight excluding hydrogens is 250 g/mol. The van der Waals surface area contributed by atoms with E-state index in [-0.39, 0.29) is 12.5 Å². The smallest absolute Gasteiger partial charge is 0.325 e. The lowest BCUT2D eigenvalue weighted by Gasteiger charge is -2.16. The molecule has 1 aromatic carbocycles. The van der Waals surface area contributed by atoms with Crippen LogP contribution in [0.4, 0.5) is 0 Å². The second-order valence-electron chi connectivity index (χ2n) is 3.81. The molecule has 6 heteroatoms. The highest BCUT2D eigenvalue weighted by Crippen LogP contribution is 2.27. The summed E-state index contributed by atoms with van der Waals surface area (Å²) in [5, 5.41) is 0. The average molecular weight is 267 g/mol. The molecule has 0 aliphatic heterocycles. The Kier molecular flexibility index (Phi) is 5.17. The molecule has 0 aromatic heterocycles. The lowest BCUT2D eigenvalue weighted by Crippen LogP contribution is -2.32. The Morgan fingerprint density at radius 3 is 2.26 bits per heavy atom. The maximum Gasteiger partial charge on any atom is 0.325 e. The summed E-state index contributed by atoms with van der Waals surface area (Å²) in [6.45, 7) is -0.107. The largest absolute Gasteiger partial charge is 0.493 e. The molecule has 0 unspecified atom stereocenters. The van der Waals surface area contributed by atoms with Gasteiger partial charge in [0.15, 0.2) is 11.5 Å². The van der Waals surface area contributed by atoms with Crippen molar-refractivity contribution in [2.75, 3.05) is 34.9 Å². The maximum atomic E-state index is 12.1. The molecule has 1 amide bonds. The lowest BCUT2D eigenvalue weighted by molar-refractivity contribution is -0.141. The predicted molar refractivity (Wildman–Crippen MR) is 68.5 cm³/mol. The Hall–Kier alpha value is -2.24. The fourth-order valence-corrected chi connectivity index (χ4v) is 1.52. The fourth-order valence-electron chi connectivity index (χ4n) is 1.52. The zero-order valence-electron chi connectivity index (χ0n) is 11.4. The van der Waals surface area contributed by atoms with E-state index in [0.717, 1.165) is 0 Å². The summed E-state index contributed by atoms with van der Waals surface area (Å²) in [4.78, 5) is 24.5. The van der Waals surface area contributed by atoms with E-state index >= 15 is 0 Å². The molecule has 0 bridgehead atoms. The minimum Gasteiger partial charge on any atom is -0.493 e. The third-order valence-corrected chi connectivity index (χ3v) is 2.57. The van der Waals surface area contributed by atoms with Gasteiger partial charge in [0.05, 0.1) is 21.3 Å². The van der Waals surface area contributed by atoms with Crippen LogP contribution in [-0.2, 0) is 9.53 Å². The van der Waals surface area contributed by atoms with Crippen molar-refractivity contribution in [3.8, 4) is 11.5 Å². The van der Waals surface area contributed by atoms with E-state index in [4.69, 9.17) is 9.47 Å². The molecule has 0 atom stereocenters. The minimum absolute atomic E-state index is 0.107. The van der Waals surface area contributed by atoms with Crippen LogP contribution < -0.4 is 9.47 Å². The first-order valence-electron chi connectivity index (χ1n) is 5.57. The molecule has 0 spiro atoms. The average Bonchev–Trinajstić information content (AvgIpc) is 2.45. The Balaban J connectivity index is 2.90. The summed E-state index contributed by atoms with van der Waals surface area (Å²) in [5.74, 6) is 0.220. The lowest BCUT2D eigenvalue weighted by atomic mass is 10.1. The number of nitrogens with zero attached hydrogens (tertiary/aromatic N) is 1. The molecule has 0 radical (unpaired) electrons. The van der Waals surface area contributed by atoms with Crippen LogP contribution in [0.25, 0.3) is 0 Å². The molecule has 1 aromatic rings. The van der Waals surface area contributed by atoms with Crippen LogP contribution in [0.15, 0.2) is 18.2 Å². The van der Waals surface area contributed by atoms with Crippen LogP contribution in [-0.4, -0.2) is 51.7 Å². The zero-order valence-corrected chi connectivity index (χ0v) is 11.4. The van der Waals surface area contributed by atoms with Gasteiger partial charge in [-0.05, 0) is 18.2 Å². The number of carbonyl (C=O) groups excluding carboxylic acids is 2. The van der Waals surface area contributed by atoms with E-state index < -0.39 is 5.97 Å². The predicted octanol–water partition coefficient (Wildman–Crippen LogP) is 0.949. The Morgan fingerprint density at radius 2 is 1.74 bits per heavy atom. The molecule has 0 N–H and O–H groups in total. The molecule has 0 saturated heterocycles. The van der Waals surface area contributed by atoms with Crippen molar-refractivity contribution in [2.24, 2.45) is 0 Å². The van der Waals surface area contributed by atoms with E-state index in [1.807, 2.05) is 0 Å². The number of ether oxygens (including phenoxy) is 3. The van der Waals surface area contributed by atoms with Gasteiger partial charge in [-0.3, -0.25) is 9.59 Å². The highest BCUT2D eigenvalue weighted by atomic mass is 16.5. The first-order chi connectivity index (χ1) is 9.03. The molecule has 0 heterocycles. The number of rotatable bonds is 5. The van der Waals surface area contributed by atoms with Gasteiger partial charge in [0, 0.05) is 12.6 Å². The van der Waals surface area contributed by atoms with Crippen molar-refractivity contribution in [3.05, 3.63) is 23.8 Å². The molecule has 0 aliphatic rings. The van der Waals surface area contributed by atoms with Gasteiger partial charge < -0.3 is 19.1 Å². The maximum absolute atomic E-state index is 12.1. The van der Waals surface area contributed by atoms with Gasteiger partial charge in [0.25, 0.3) is 5.91 Å². The first-order valence-corrected chi connectivity index (χ1v) is 5.57. The highest BCUT2D eigenvalue weighted by Gasteiger charge is 2.17. The highest BCUT2D eigenvalue weighted by molar-refractivity contribution is 5.96. The molecule has 6 nitrogen and oxygen atoms in total. The number of carbonyl (C=O) groups is 2. The first kappa shape index (κ1) is 14.8. The van der Waals surface area contributed by atoms with Crippen LogP contribution >= 0.6 is 0 Å². The third-order valence-electron chi connectivity index (χ3n) is 2.57. The number of hydrogen-bond donors (Lipinski definition) is 0. The standard InChI is InChI=1S/C13H17NO5/c1-14(8-12(15)19-4)13(16)9-5-6-10(17-2)11(7-9)18-3/h5-7H,8H2,1-4H3. The van der Waals surface area contributed by atoms with Crippen LogP contribution in [0, 0.1) is 0 Å². The van der Waals surface area contributed by atoms with Crippen molar-refractivity contribution < 1.29 is 23.8 Å². The third kappa shape index (κ3) is 3.61. The Bertz CT molecular complexity index is 472. The van der Waals surface area contributed by atoms with Crippen LogP contribution in [0.3, 0.4) is 0 Å². The van der Waals surface area contributed by atoms with Gasteiger partial charge in [-0.1, -0.05) is 0 Å². The summed E-state index contributed by atoms with van der Waals surface area (Å²) >= 11 is 0. The summed E-state index contributed by atoms with van der Waals surface area (Å²) < 4.78 is 14.7. The van der Waals surface area contributed by atoms with Crippen molar-refractivity contribution >= 4 is 11.9 Å². The molecule has 0 saturated carbocycles. The molecule has 1 rings (SSSR count). The second kappa shape index (κ2) is 6.63. The van der Waals surface area contributed by atoms with E-state index in [1.165, 1.54) is 33.3 Å². The SMILES string of the molecule is COC(=O)CN(C)C(=O)c1ccc(OC)c(OC)c1. The quantitative estimate of drug-likeness (QED) is 0.743. The fraction of sp³-hybridized carbons (Fsp3) is 0.385. The normalized spacial score (nSPS) is 9.68. The number of likely N-dealkylation sites (N-methyl/N-ethyl adjacent to an activating group) is 1. The molecular formula is C13H17NO5. The molecule has 0 aliphatic carbocycles. The second-order valence-corrected chi connectivity index (χ2v) is 3.81. The van der Waals surface area contributed by atoms with E-state index in [2.05, 4.69) is 4.74 Å². The van der Waals surface area contributed by atoms with E-state index in [9.17, 15) is 9.59 Å². The number of esters is 1. The van der Waals surface area contributed by atoms with Gasteiger partial charge in [0.2, 0.25) is 0 Å². The van der Waals surface area contributed by atoms with E-state index in [1.54, 1.807) is 18.2 Å². The number of amides is 1. The van der Waals surface area contributed by atoms with Crippen molar-refractivity contribution in [1.82, 2.24) is 4.90 Å². The summed E-state index contributed by atoms with van der Waals surface area (Å²) in [6.07, 6.45) is 0. The van der Waals surface area contributed by atoms with Gasteiger partial charge >= 0.3 is 5.97 Å². The van der Waals surface area contributed by atoms with E-state index in [0.29, 0.717) is 17.1 Å².